The second-order valence-corrected chi connectivity index (χ2v) is 7.78. The van der Waals surface area contributed by atoms with Gasteiger partial charge in [-0.05, 0) is 19.3 Å². The molecule has 0 aromatic rings. The van der Waals surface area contributed by atoms with Gasteiger partial charge in [-0.2, -0.15) is 0 Å². The summed E-state index contributed by atoms with van der Waals surface area (Å²) in [6.45, 7) is 13.0. The highest BCUT2D eigenvalue weighted by molar-refractivity contribution is 6.18. The largest absolute Gasteiger partial charge is 0.458 e. The number of rotatable bonds is 3. The highest BCUT2D eigenvalue weighted by Crippen LogP contribution is 2.55. The van der Waals surface area contributed by atoms with Gasteiger partial charge in [0.05, 0.1) is 17.9 Å². The minimum Gasteiger partial charge on any atom is -0.458 e. The van der Waals surface area contributed by atoms with Gasteiger partial charge >= 0.3 is 11.9 Å². The van der Waals surface area contributed by atoms with Crippen LogP contribution in [0.5, 0.6) is 0 Å². The summed E-state index contributed by atoms with van der Waals surface area (Å²) < 4.78 is 11.1. The SMILES string of the molecule is C=C(C)C(=O)O[C@H]1CC(=C)[C@@H]2C[C@@H](O)[C@@](O)(CCl)[C@H]2[C@H]2OC(=O)C(=C)[C@@H]21. The van der Waals surface area contributed by atoms with Crippen molar-refractivity contribution in [2.24, 2.45) is 17.8 Å². The third-order valence-electron chi connectivity index (χ3n) is 5.89. The van der Waals surface area contributed by atoms with Crippen LogP contribution < -0.4 is 0 Å². The van der Waals surface area contributed by atoms with Gasteiger partial charge in [0.1, 0.15) is 17.8 Å². The molecule has 2 saturated carbocycles. The summed E-state index contributed by atoms with van der Waals surface area (Å²) in [7, 11) is 0. The van der Waals surface area contributed by atoms with Crippen molar-refractivity contribution in [3.05, 3.63) is 36.5 Å². The van der Waals surface area contributed by atoms with E-state index in [9.17, 15) is 19.8 Å². The molecular weight excluding hydrogens is 360 g/mol. The van der Waals surface area contributed by atoms with Gasteiger partial charge in [0.2, 0.25) is 0 Å². The smallest absolute Gasteiger partial charge is 0.334 e. The number of carbonyl (C=O) groups is 2. The minimum atomic E-state index is -1.63. The number of aliphatic hydroxyl groups is 2. The molecule has 0 unspecified atom stereocenters. The summed E-state index contributed by atoms with van der Waals surface area (Å²) in [4.78, 5) is 24.3. The Morgan fingerprint density at radius 2 is 2.12 bits per heavy atom. The first-order chi connectivity index (χ1) is 12.1. The molecule has 2 N–H and O–H groups in total. The average Bonchev–Trinajstić information content (AvgIpc) is 2.97. The predicted molar refractivity (Wildman–Crippen MR) is 94.2 cm³/mol. The van der Waals surface area contributed by atoms with Crippen molar-refractivity contribution in [3.63, 3.8) is 0 Å². The van der Waals surface area contributed by atoms with Crippen LogP contribution in [0.15, 0.2) is 36.5 Å². The van der Waals surface area contributed by atoms with Gasteiger partial charge in [0.25, 0.3) is 0 Å². The van der Waals surface area contributed by atoms with Crippen LogP contribution in [0.4, 0.5) is 0 Å². The zero-order valence-electron chi connectivity index (χ0n) is 14.6. The number of aliphatic hydroxyl groups excluding tert-OH is 1. The normalized spacial score (nSPS) is 41.9. The maximum atomic E-state index is 12.2. The molecule has 0 bridgehead atoms. The Morgan fingerprint density at radius 1 is 1.46 bits per heavy atom. The van der Waals surface area contributed by atoms with Crippen LogP contribution >= 0.6 is 11.6 Å². The molecule has 3 aliphatic rings. The van der Waals surface area contributed by atoms with Gasteiger partial charge in [-0.1, -0.05) is 25.3 Å². The van der Waals surface area contributed by atoms with E-state index in [1.165, 1.54) is 6.92 Å². The molecule has 0 amide bonds. The van der Waals surface area contributed by atoms with Gasteiger partial charge in [0.15, 0.2) is 0 Å². The van der Waals surface area contributed by atoms with Crippen molar-refractivity contribution in [2.45, 2.75) is 43.7 Å². The van der Waals surface area contributed by atoms with Gasteiger partial charge in [-0.3, -0.25) is 0 Å². The number of hydrogen-bond donors (Lipinski definition) is 2. The summed E-state index contributed by atoms with van der Waals surface area (Å²) >= 11 is 5.99. The van der Waals surface area contributed by atoms with Gasteiger partial charge in [-0.25, -0.2) is 9.59 Å². The van der Waals surface area contributed by atoms with E-state index in [1.807, 2.05) is 0 Å². The van der Waals surface area contributed by atoms with E-state index in [-0.39, 0.29) is 35.8 Å². The van der Waals surface area contributed by atoms with Crippen molar-refractivity contribution < 1.29 is 29.3 Å². The van der Waals surface area contributed by atoms with E-state index in [1.54, 1.807) is 0 Å². The lowest BCUT2D eigenvalue weighted by molar-refractivity contribution is -0.155. The fourth-order valence-corrected chi connectivity index (χ4v) is 4.86. The second-order valence-electron chi connectivity index (χ2n) is 7.52. The topological polar surface area (TPSA) is 93.1 Å². The summed E-state index contributed by atoms with van der Waals surface area (Å²) in [5.41, 5.74) is -0.495. The summed E-state index contributed by atoms with van der Waals surface area (Å²) in [5.74, 6) is -2.99. The number of alkyl halides is 1. The van der Waals surface area contributed by atoms with E-state index in [0.29, 0.717) is 5.57 Å². The Labute approximate surface area is 157 Å². The first kappa shape index (κ1) is 19.1. The Bertz CT molecular complexity index is 700. The fraction of sp³-hybridized carbons (Fsp3) is 0.579. The Balaban J connectivity index is 2.04. The number of halogens is 1. The lowest BCUT2D eigenvalue weighted by Gasteiger charge is -2.37. The third-order valence-corrected chi connectivity index (χ3v) is 6.32. The van der Waals surface area contributed by atoms with E-state index in [4.69, 9.17) is 21.1 Å². The number of fused-ring (bicyclic) bond motifs is 3. The monoisotopic (exact) mass is 382 g/mol. The average molecular weight is 383 g/mol. The van der Waals surface area contributed by atoms with Crippen LogP contribution in [0, 0.1) is 17.8 Å². The van der Waals surface area contributed by atoms with Gasteiger partial charge in [-0.15, -0.1) is 11.6 Å². The molecule has 1 aliphatic heterocycles. The molecule has 1 saturated heterocycles. The van der Waals surface area contributed by atoms with Gasteiger partial charge in [0, 0.05) is 23.5 Å². The molecule has 0 radical (unpaired) electrons. The second kappa shape index (κ2) is 6.51. The highest BCUT2D eigenvalue weighted by Gasteiger charge is 2.64. The zero-order valence-corrected chi connectivity index (χ0v) is 15.4. The molecule has 2 aliphatic carbocycles. The minimum absolute atomic E-state index is 0.182. The van der Waals surface area contributed by atoms with Crippen LogP contribution in [0.2, 0.25) is 0 Å². The van der Waals surface area contributed by atoms with Crippen molar-refractivity contribution in [3.8, 4) is 0 Å². The number of hydrogen-bond acceptors (Lipinski definition) is 6. The Kier molecular flexibility index (Phi) is 4.80. The first-order valence-electron chi connectivity index (χ1n) is 8.52. The molecule has 0 spiro atoms. The lowest BCUT2D eigenvalue weighted by atomic mass is 9.76. The molecule has 0 aromatic carbocycles. The van der Waals surface area contributed by atoms with Gasteiger partial charge < -0.3 is 19.7 Å². The summed E-state index contributed by atoms with van der Waals surface area (Å²) in [5, 5.41) is 21.4. The van der Waals surface area contributed by atoms with Crippen LogP contribution in [-0.4, -0.2) is 51.9 Å². The van der Waals surface area contributed by atoms with Crippen molar-refractivity contribution in [1.29, 1.82) is 0 Å². The molecule has 142 valence electrons. The maximum Gasteiger partial charge on any atom is 0.334 e. The van der Waals surface area contributed by atoms with Crippen molar-refractivity contribution in [2.75, 3.05) is 5.88 Å². The lowest BCUT2D eigenvalue weighted by Crippen LogP contribution is -2.52. The number of carbonyl (C=O) groups excluding carboxylic acids is 2. The Morgan fingerprint density at radius 3 is 2.69 bits per heavy atom. The van der Waals surface area contributed by atoms with E-state index >= 15 is 0 Å². The third kappa shape index (κ3) is 2.71. The first-order valence-corrected chi connectivity index (χ1v) is 9.05. The van der Waals surface area contributed by atoms with E-state index in [0.717, 1.165) is 0 Å². The van der Waals surface area contributed by atoms with Crippen LogP contribution in [0.3, 0.4) is 0 Å². The van der Waals surface area contributed by atoms with Crippen LogP contribution in [0.1, 0.15) is 19.8 Å². The zero-order chi connectivity index (χ0) is 19.4. The number of esters is 2. The van der Waals surface area contributed by atoms with Crippen LogP contribution in [0.25, 0.3) is 0 Å². The van der Waals surface area contributed by atoms with Crippen molar-refractivity contribution >= 4 is 23.5 Å². The molecule has 7 atom stereocenters. The highest BCUT2D eigenvalue weighted by atomic mass is 35.5. The predicted octanol–water partition coefficient (Wildman–Crippen LogP) is 1.50. The van der Waals surface area contributed by atoms with E-state index < -0.39 is 47.7 Å². The van der Waals surface area contributed by atoms with E-state index in [2.05, 4.69) is 19.7 Å². The maximum absolute atomic E-state index is 12.2. The standard InChI is InChI=1S/C19H23ClO6/c1-8(2)17(22)25-12-5-9(3)11-6-13(21)19(24,7-20)15(11)16-14(12)10(4)18(23)26-16/h11-16,21,24H,1,3-7H2,2H3/t11-,12-,13+,14+,15+,16-,19-/m0/s1. The fourth-order valence-electron chi connectivity index (χ4n) is 4.50. The molecule has 1 heterocycles. The molecular formula is C19H23ClO6. The summed E-state index contributed by atoms with van der Waals surface area (Å²) in [6, 6.07) is 0. The molecule has 7 heteroatoms. The molecule has 3 rings (SSSR count). The quantitative estimate of drug-likeness (QED) is 0.332. The molecule has 0 aromatic heterocycles. The number of ether oxygens (including phenoxy) is 2. The molecule has 6 nitrogen and oxygen atoms in total. The Hall–Kier alpha value is -1.63. The van der Waals surface area contributed by atoms with Crippen LogP contribution in [-0.2, 0) is 19.1 Å². The van der Waals surface area contributed by atoms with Crippen molar-refractivity contribution in [1.82, 2.24) is 0 Å². The molecule has 26 heavy (non-hydrogen) atoms. The summed E-state index contributed by atoms with van der Waals surface area (Å²) in [6.07, 6.45) is -2.04. The molecule has 3 fully saturated rings.